The molecule has 5 heteroatoms. The lowest BCUT2D eigenvalue weighted by Crippen LogP contribution is -2.34. The fourth-order valence-electron chi connectivity index (χ4n) is 1.05. The predicted octanol–water partition coefficient (Wildman–Crippen LogP) is 2.55. The molecule has 1 unspecified atom stereocenters. The molecule has 0 aliphatic carbocycles. The van der Waals surface area contributed by atoms with Crippen molar-refractivity contribution >= 4 is 33.2 Å². The fourth-order valence-corrected chi connectivity index (χ4v) is 2.49. The van der Waals surface area contributed by atoms with Crippen molar-refractivity contribution in [3.8, 4) is 0 Å². The molecule has 1 N–H and O–H groups in total. The summed E-state index contributed by atoms with van der Waals surface area (Å²) in [6, 6.07) is 1.73. The summed E-state index contributed by atoms with van der Waals surface area (Å²) < 4.78 is 5.97. The van der Waals surface area contributed by atoms with Gasteiger partial charge in [0, 0.05) is 15.9 Å². The highest BCUT2D eigenvalue weighted by atomic mass is 79.9. The first-order valence-corrected chi connectivity index (χ1v) is 6.44. The maximum absolute atomic E-state index is 11.3. The second-order valence-corrected chi connectivity index (χ2v) is 4.90. The quantitative estimate of drug-likeness (QED) is 0.848. The van der Waals surface area contributed by atoms with Crippen LogP contribution in [0.1, 0.15) is 18.7 Å². The van der Waals surface area contributed by atoms with E-state index in [9.17, 15) is 4.79 Å². The molecule has 0 amide bonds. The van der Waals surface area contributed by atoms with Crippen molar-refractivity contribution in [3.05, 3.63) is 20.8 Å². The lowest BCUT2D eigenvalue weighted by molar-refractivity contribution is -0.145. The molecule has 1 heterocycles. The topological polar surface area (TPSA) is 38.3 Å². The van der Waals surface area contributed by atoms with Gasteiger partial charge in [-0.05, 0) is 41.2 Å². The van der Waals surface area contributed by atoms with Crippen LogP contribution >= 0.6 is 27.3 Å². The Morgan fingerprint density at radius 3 is 3.00 bits per heavy atom. The number of thiophene rings is 1. The fraction of sp³-hybridized carbons (Fsp3) is 0.500. The number of esters is 1. The molecule has 0 aromatic carbocycles. The standard InChI is InChI=1S/C10H14BrNO2S/c1-3-14-10(13)7(2)12-6-9-8(11)4-5-15-9/h4-5,7,12H,3,6H2,1-2H3. The zero-order valence-corrected chi connectivity index (χ0v) is 11.2. The van der Waals surface area contributed by atoms with Crippen molar-refractivity contribution in [2.24, 2.45) is 0 Å². The van der Waals surface area contributed by atoms with E-state index in [-0.39, 0.29) is 12.0 Å². The van der Waals surface area contributed by atoms with Crippen LogP contribution in [0.2, 0.25) is 0 Å². The van der Waals surface area contributed by atoms with Crippen molar-refractivity contribution in [3.63, 3.8) is 0 Å². The molecule has 0 spiro atoms. The molecule has 0 saturated heterocycles. The van der Waals surface area contributed by atoms with Crippen molar-refractivity contribution < 1.29 is 9.53 Å². The van der Waals surface area contributed by atoms with Crippen molar-refractivity contribution in [1.29, 1.82) is 0 Å². The monoisotopic (exact) mass is 291 g/mol. The van der Waals surface area contributed by atoms with Crippen LogP contribution in [0.4, 0.5) is 0 Å². The Kier molecular flexibility index (Phi) is 5.28. The van der Waals surface area contributed by atoms with Gasteiger partial charge in [-0.25, -0.2) is 0 Å². The number of halogens is 1. The molecule has 84 valence electrons. The Morgan fingerprint density at radius 2 is 2.47 bits per heavy atom. The smallest absolute Gasteiger partial charge is 0.322 e. The highest BCUT2D eigenvalue weighted by Crippen LogP contribution is 2.22. The highest BCUT2D eigenvalue weighted by molar-refractivity contribution is 9.10. The molecule has 0 radical (unpaired) electrons. The molecule has 15 heavy (non-hydrogen) atoms. The van der Waals surface area contributed by atoms with Gasteiger partial charge in [0.25, 0.3) is 0 Å². The minimum atomic E-state index is -0.265. The van der Waals surface area contributed by atoms with Gasteiger partial charge in [0.2, 0.25) is 0 Å². The number of nitrogens with one attached hydrogen (secondary N) is 1. The van der Waals surface area contributed by atoms with Gasteiger partial charge in [0.15, 0.2) is 0 Å². The van der Waals surface area contributed by atoms with E-state index >= 15 is 0 Å². The number of carbonyl (C=O) groups is 1. The maximum Gasteiger partial charge on any atom is 0.322 e. The van der Waals surface area contributed by atoms with E-state index in [2.05, 4.69) is 21.2 Å². The molecule has 1 aromatic rings. The first-order valence-electron chi connectivity index (χ1n) is 4.77. The van der Waals surface area contributed by atoms with Gasteiger partial charge >= 0.3 is 5.97 Å². The minimum Gasteiger partial charge on any atom is -0.465 e. The number of ether oxygens (including phenoxy) is 1. The van der Waals surface area contributed by atoms with Gasteiger partial charge in [-0.2, -0.15) is 0 Å². The van der Waals surface area contributed by atoms with Crippen molar-refractivity contribution in [1.82, 2.24) is 5.32 Å². The molecule has 0 saturated carbocycles. The van der Waals surface area contributed by atoms with Gasteiger partial charge in [0.05, 0.1) is 6.61 Å². The SMILES string of the molecule is CCOC(=O)C(C)NCc1sccc1Br. The number of hydrogen-bond donors (Lipinski definition) is 1. The zero-order chi connectivity index (χ0) is 11.3. The molecule has 3 nitrogen and oxygen atoms in total. The molecule has 1 rings (SSSR count). The molecular weight excluding hydrogens is 278 g/mol. The summed E-state index contributed by atoms with van der Waals surface area (Å²) in [6.45, 7) is 4.71. The second-order valence-electron chi connectivity index (χ2n) is 3.05. The van der Waals surface area contributed by atoms with E-state index in [0.29, 0.717) is 13.2 Å². The Morgan fingerprint density at radius 1 is 1.73 bits per heavy atom. The van der Waals surface area contributed by atoms with Crippen LogP contribution in [-0.2, 0) is 16.1 Å². The third-order valence-electron chi connectivity index (χ3n) is 1.90. The van der Waals surface area contributed by atoms with Gasteiger partial charge in [0.1, 0.15) is 6.04 Å². The van der Waals surface area contributed by atoms with Crippen LogP contribution in [-0.4, -0.2) is 18.6 Å². The van der Waals surface area contributed by atoms with E-state index in [1.54, 1.807) is 25.2 Å². The second kappa shape index (κ2) is 6.25. The number of hydrogen-bond acceptors (Lipinski definition) is 4. The molecule has 0 bridgehead atoms. The summed E-state index contributed by atoms with van der Waals surface area (Å²) in [5, 5.41) is 5.13. The van der Waals surface area contributed by atoms with Gasteiger partial charge in [-0.3, -0.25) is 10.1 Å². The minimum absolute atomic E-state index is 0.204. The molecule has 0 aliphatic rings. The number of carbonyl (C=O) groups excluding carboxylic acids is 1. The zero-order valence-electron chi connectivity index (χ0n) is 8.75. The maximum atomic E-state index is 11.3. The first kappa shape index (κ1) is 12.7. The summed E-state index contributed by atoms with van der Waals surface area (Å²) in [5.74, 6) is -0.204. The van der Waals surface area contributed by atoms with Crippen LogP contribution in [0.15, 0.2) is 15.9 Å². The summed E-state index contributed by atoms with van der Waals surface area (Å²) in [7, 11) is 0. The third-order valence-corrected chi connectivity index (χ3v) is 3.83. The molecular formula is C10H14BrNO2S. The van der Waals surface area contributed by atoms with Gasteiger partial charge < -0.3 is 4.74 Å². The van der Waals surface area contributed by atoms with E-state index in [1.165, 1.54) is 4.88 Å². The van der Waals surface area contributed by atoms with Crippen molar-refractivity contribution in [2.45, 2.75) is 26.4 Å². The summed E-state index contributed by atoms with van der Waals surface area (Å²) >= 11 is 5.09. The van der Waals surface area contributed by atoms with Gasteiger partial charge in [-0.15, -0.1) is 11.3 Å². The van der Waals surface area contributed by atoms with Crippen molar-refractivity contribution in [2.75, 3.05) is 6.61 Å². The first-order chi connectivity index (χ1) is 7.15. The van der Waals surface area contributed by atoms with Gasteiger partial charge in [-0.1, -0.05) is 0 Å². The van der Waals surface area contributed by atoms with E-state index in [4.69, 9.17) is 4.74 Å². The predicted molar refractivity (Wildman–Crippen MR) is 65.0 cm³/mol. The van der Waals surface area contributed by atoms with E-state index in [1.807, 2.05) is 11.4 Å². The lowest BCUT2D eigenvalue weighted by Gasteiger charge is -2.11. The average Bonchev–Trinajstić information content (AvgIpc) is 2.61. The number of rotatable bonds is 5. The summed E-state index contributed by atoms with van der Waals surface area (Å²) in [5.41, 5.74) is 0. The van der Waals surface area contributed by atoms with E-state index in [0.717, 1.165) is 4.47 Å². The Hall–Kier alpha value is -0.390. The van der Waals surface area contributed by atoms with Crippen LogP contribution in [0.5, 0.6) is 0 Å². The van der Waals surface area contributed by atoms with Crippen LogP contribution in [0.3, 0.4) is 0 Å². The molecule has 1 atom stereocenters. The van der Waals surface area contributed by atoms with Crippen LogP contribution in [0, 0.1) is 0 Å². The summed E-state index contributed by atoms with van der Waals surface area (Å²) in [6.07, 6.45) is 0. The van der Waals surface area contributed by atoms with Crippen LogP contribution < -0.4 is 5.32 Å². The third kappa shape index (κ3) is 3.93. The Bertz CT molecular complexity index is 327. The lowest BCUT2D eigenvalue weighted by atomic mass is 10.3. The Labute approximate surface area is 102 Å². The highest BCUT2D eigenvalue weighted by Gasteiger charge is 2.13. The molecule has 0 aliphatic heterocycles. The largest absolute Gasteiger partial charge is 0.465 e. The average molecular weight is 292 g/mol. The van der Waals surface area contributed by atoms with E-state index < -0.39 is 0 Å². The molecule has 1 aromatic heterocycles. The normalized spacial score (nSPS) is 12.5. The Balaban J connectivity index is 2.37. The van der Waals surface area contributed by atoms with Crippen LogP contribution in [0.25, 0.3) is 0 Å². The molecule has 0 fully saturated rings. The summed E-state index contributed by atoms with van der Waals surface area (Å²) in [4.78, 5) is 12.5.